The molecule has 5 nitrogen and oxygen atoms in total. The summed E-state index contributed by atoms with van der Waals surface area (Å²) in [5, 5.41) is 12.4. The minimum absolute atomic E-state index is 0.142. The molecule has 0 spiro atoms. The highest BCUT2D eigenvalue weighted by molar-refractivity contribution is 6.36. The normalized spacial score (nSPS) is 11.1. The number of ether oxygens (including phenoxy) is 1. The van der Waals surface area contributed by atoms with Crippen LogP contribution < -0.4 is 5.84 Å². The van der Waals surface area contributed by atoms with Crippen LogP contribution in [0.15, 0.2) is 29.4 Å². The minimum Gasteiger partial charge on any atom is -0.508 e. The van der Waals surface area contributed by atoms with E-state index < -0.39 is 5.97 Å². The van der Waals surface area contributed by atoms with Crippen molar-refractivity contribution in [2.24, 2.45) is 10.9 Å². The topological polar surface area (TPSA) is 84.9 Å². The van der Waals surface area contributed by atoms with Crippen LogP contribution in [0.4, 0.5) is 0 Å². The number of carbonyl (C=O) groups excluding carboxylic acids is 1. The van der Waals surface area contributed by atoms with Crippen LogP contribution >= 0.6 is 0 Å². The molecule has 1 rings (SSSR count). The maximum absolute atomic E-state index is 11.1. The molecule has 3 N–H and O–H groups in total. The summed E-state index contributed by atoms with van der Waals surface area (Å²) in [5.74, 6) is 4.68. The first kappa shape index (κ1) is 11.0. The average molecular weight is 208 g/mol. The van der Waals surface area contributed by atoms with E-state index in [1.54, 1.807) is 12.1 Å². The smallest absolute Gasteiger partial charge is 0.354 e. The van der Waals surface area contributed by atoms with Crippen LogP contribution in [-0.2, 0) is 16.0 Å². The third kappa shape index (κ3) is 2.98. The van der Waals surface area contributed by atoms with E-state index in [0.29, 0.717) is 0 Å². The molecule has 0 heterocycles. The van der Waals surface area contributed by atoms with E-state index in [1.807, 2.05) is 0 Å². The molecule has 1 aromatic carbocycles. The molecule has 0 saturated carbocycles. The Balaban J connectivity index is 2.76. The average Bonchev–Trinajstić information content (AvgIpc) is 2.27. The third-order valence-electron chi connectivity index (χ3n) is 1.88. The Bertz CT molecular complexity index is 371. The molecule has 0 amide bonds. The number of methoxy groups -OCH3 is 1. The number of hydrogen-bond acceptors (Lipinski definition) is 5. The molecule has 0 atom stereocenters. The number of benzene rings is 1. The monoisotopic (exact) mass is 208 g/mol. The molecule has 0 aromatic heterocycles. The van der Waals surface area contributed by atoms with Gasteiger partial charge >= 0.3 is 5.97 Å². The van der Waals surface area contributed by atoms with Gasteiger partial charge in [0, 0.05) is 6.42 Å². The van der Waals surface area contributed by atoms with E-state index in [9.17, 15) is 4.79 Å². The van der Waals surface area contributed by atoms with E-state index in [1.165, 1.54) is 19.2 Å². The first-order valence-corrected chi connectivity index (χ1v) is 4.30. The van der Waals surface area contributed by atoms with Crippen LogP contribution in [0.2, 0.25) is 0 Å². The van der Waals surface area contributed by atoms with Gasteiger partial charge in [-0.25, -0.2) is 4.79 Å². The summed E-state index contributed by atoms with van der Waals surface area (Å²) in [5.41, 5.74) is 0.964. The van der Waals surface area contributed by atoms with Gasteiger partial charge in [0.25, 0.3) is 0 Å². The van der Waals surface area contributed by atoms with Crippen molar-refractivity contribution in [3.8, 4) is 5.75 Å². The number of aromatic hydroxyl groups is 1. The summed E-state index contributed by atoms with van der Waals surface area (Å²) in [6.07, 6.45) is 0.281. The number of rotatable bonds is 3. The Morgan fingerprint density at radius 3 is 2.53 bits per heavy atom. The third-order valence-corrected chi connectivity index (χ3v) is 1.88. The summed E-state index contributed by atoms with van der Waals surface area (Å²) in [4.78, 5) is 11.1. The number of hydrogen-bond donors (Lipinski definition) is 2. The van der Waals surface area contributed by atoms with Crippen LogP contribution in [0.5, 0.6) is 5.75 Å². The standard InChI is InChI=1S/C10H12N2O3/c1-15-10(14)9(12-11)6-7-2-4-8(13)5-3-7/h2-5,13H,6,11H2,1H3/b12-9+. The van der Waals surface area contributed by atoms with Gasteiger partial charge in [-0.05, 0) is 17.7 Å². The zero-order chi connectivity index (χ0) is 11.3. The molecule has 0 aliphatic carbocycles. The van der Waals surface area contributed by atoms with Crippen molar-refractivity contribution in [3.05, 3.63) is 29.8 Å². The lowest BCUT2D eigenvalue weighted by Gasteiger charge is -2.03. The van der Waals surface area contributed by atoms with Crippen LogP contribution in [0, 0.1) is 0 Å². The van der Waals surface area contributed by atoms with E-state index in [0.717, 1.165) is 5.56 Å². The molecular formula is C10H12N2O3. The predicted octanol–water partition coefficient (Wildman–Crippen LogP) is 0.422. The van der Waals surface area contributed by atoms with Crippen molar-refractivity contribution in [1.29, 1.82) is 0 Å². The molecule has 0 fully saturated rings. The molecule has 0 saturated heterocycles. The second-order valence-electron chi connectivity index (χ2n) is 2.91. The number of esters is 1. The summed E-state index contributed by atoms with van der Waals surface area (Å²) in [7, 11) is 1.27. The summed E-state index contributed by atoms with van der Waals surface area (Å²) < 4.78 is 4.50. The molecule has 1 aromatic rings. The fourth-order valence-corrected chi connectivity index (χ4v) is 1.10. The van der Waals surface area contributed by atoms with Gasteiger partial charge in [0.1, 0.15) is 11.5 Å². The Kier molecular flexibility index (Phi) is 3.68. The Morgan fingerprint density at radius 2 is 2.07 bits per heavy atom. The van der Waals surface area contributed by atoms with Crippen molar-refractivity contribution in [3.63, 3.8) is 0 Å². The van der Waals surface area contributed by atoms with Crippen LogP contribution in [0.25, 0.3) is 0 Å². The van der Waals surface area contributed by atoms with Gasteiger partial charge in [0.2, 0.25) is 0 Å². The van der Waals surface area contributed by atoms with E-state index in [2.05, 4.69) is 9.84 Å². The van der Waals surface area contributed by atoms with Gasteiger partial charge in [-0.3, -0.25) is 0 Å². The molecule has 0 aliphatic heterocycles. The highest BCUT2D eigenvalue weighted by Gasteiger charge is 2.11. The van der Waals surface area contributed by atoms with Crippen molar-refractivity contribution in [2.45, 2.75) is 6.42 Å². The van der Waals surface area contributed by atoms with Gasteiger partial charge in [0.15, 0.2) is 0 Å². The molecule has 0 radical (unpaired) electrons. The van der Waals surface area contributed by atoms with Crippen molar-refractivity contribution in [1.82, 2.24) is 0 Å². The van der Waals surface area contributed by atoms with Crippen LogP contribution in [0.3, 0.4) is 0 Å². The Morgan fingerprint density at radius 1 is 1.47 bits per heavy atom. The maximum Gasteiger partial charge on any atom is 0.354 e. The van der Waals surface area contributed by atoms with Gasteiger partial charge < -0.3 is 15.7 Å². The molecule has 80 valence electrons. The summed E-state index contributed by atoms with van der Waals surface area (Å²) in [6.45, 7) is 0. The molecule has 15 heavy (non-hydrogen) atoms. The number of nitrogens with two attached hydrogens (primary N) is 1. The minimum atomic E-state index is -0.550. The van der Waals surface area contributed by atoms with E-state index >= 15 is 0 Å². The van der Waals surface area contributed by atoms with Crippen molar-refractivity contribution >= 4 is 11.7 Å². The lowest BCUT2D eigenvalue weighted by molar-refractivity contribution is -0.132. The summed E-state index contributed by atoms with van der Waals surface area (Å²) >= 11 is 0. The van der Waals surface area contributed by atoms with Gasteiger partial charge in [0.05, 0.1) is 7.11 Å². The fraction of sp³-hybridized carbons (Fsp3) is 0.200. The predicted molar refractivity (Wildman–Crippen MR) is 55.4 cm³/mol. The Labute approximate surface area is 87.2 Å². The molecule has 5 heteroatoms. The Hall–Kier alpha value is -2.04. The number of hydrazone groups is 1. The molecular weight excluding hydrogens is 196 g/mol. The van der Waals surface area contributed by atoms with E-state index in [4.69, 9.17) is 10.9 Å². The molecule has 0 aliphatic rings. The molecule has 0 bridgehead atoms. The first-order valence-electron chi connectivity index (χ1n) is 4.30. The number of nitrogens with zero attached hydrogens (tertiary/aromatic N) is 1. The zero-order valence-corrected chi connectivity index (χ0v) is 8.30. The fourth-order valence-electron chi connectivity index (χ4n) is 1.10. The van der Waals surface area contributed by atoms with Gasteiger partial charge in [-0.15, -0.1) is 0 Å². The van der Waals surface area contributed by atoms with Crippen molar-refractivity contribution in [2.75, 3.05) is 7.11 Å². The SMILES string of the molecule is COC(=O)/C(Cc1ccc(O)cc1)=N/N. The highest BCUT2D eigenvalue weighted by Crippen LogP contribution is 2.10. The zero-order valence-electron chi connectivity index (χ0n) is 8.30. The van der Waals surface area contributed by atoms with Crippen LogP contribution in [0.1, 0.15) is 5.56 Å². The lowest BCUT2D eigenvalue weighted by atomic mass is 10.1. The number of phenolic OH excluding ortho intramolecular Hbond substituents is 1. The highest BCUT2D eigenvalue weighted by atomic mass is 16.5. The second-order valence-corrected chi connectivity index (χ2v) is 2.91. The van der Waals surface area contributed by atoms with Gasteiger partial charge in [-0.1, -0.05) is 12.1 Å². The second kappa shape index (κ2) is 4.99. The number of phenols is 1. The van der Waals surface area contributed by atoms with Crippen LogP contribution in [-0.4, -0.2) is 23.9 Å². The lowest BCUT2D eigenvalue weighted by Crippen LogP contribution is -2.20. The number of carbonyl (C=O) groups is 1. The van der Waals surface area contributed by atoms with Gasteiger partial charge in [-0.2, -0.15) is 5.10 Å². The maximum atomic E-state index is 11.1. The van der Waals surface area contributed by atoms with Crippen molar-refractivity contribution < 1.29 is 14.6 Å². The molecule has 0 unspecified atom stereocenters. The quantitative estimate of drug-likeness (QED) is 0.326. The van der Waals surface area contributed by atoms with E-state index in [-0.39, 0.29) is 17.9 Å². The largest absolute Gasteiger partial charge is 0.508 e. The first-order chi connectivity index (χ1) is 7.17. The summed E-state index contributed by atoms with van der Waals surface area (Å²) in [6, 6.07) is 6.43.